The van der Waals surface area contributed by atoms with Crippen molar-refractivity contribution in [3.63, 3.8) is 0 Å². The van der Waals surface area contributed by atoms with Crippen LogP contribution < -0.4 is 4.74 Å². The van der Waals surface area contributed by atoms with Gasteiger partial charge in [0.1, 0.15) is 5.75 Å². The van der Waals surface area contributed by atoms with Crippen molar-refractivity contribution in [3.05, 3.63) is 46.8 Å². The highest BCUT2D eigenvalue weighted by Gasteiger charge is 2.29. The first kappa shape index (κ1) is 18.5. The van der Waals surface area contributed by atoms with E-state index in [9.17, 15) is 0 Å². The van der Waals surface area contributed by atoms with Gasteiger partial charge in [-0.25, -0.2) is 0 Å². The third-order valence-corrected chi connectivity index (χ3v) is 5.57. The van der Waals surface area contributed by atoms with Crippen molar-refractivity contribution in [1.29, 1.82) is 0 Å². The molecular weight excluding hydrogens is 342 g/mol. The molecule has 2 aliphatic rings. The number of hydrogen-bond acceptors (Lipinski definition) is 6. The van der Waals surface area contributed by atoms with E-state index >= 15 is 0 Å². The number of likely N-dealkylation sites (tertiary alicyclic amines) is 1. The molecule has 2 aromatic rings. The molecule has 2 saturated heterocycles. The SMILES string of the molecule is COc1ccc(CN2CCCC2c2cc(C)no2)cc1CN1CCOCC1. The molecule has 0 spiro atoms. The van der Waals surface area contributed by atoms with Crippen molar-refractivity contribution in [1.82, 2.24) is 15.0 Å². The molecule has 4 rings (SSSR count). The molecule has 1 aromatic heterocycles. The predicted octanol–water partition coefficient (Wildman–Crippen LogP) is 3.16. The highest BCUT2D eigenvalue weighted by Crippen LogP contribution is 2.34. The Kier molecular flexibility index (Phi) is 5.76. The monoisotopic (exact) mass is 371 g/mol. The van der Waals surface area contributed by atoms with Gasteiger partial charge in [0.25, 0.3) is 0 Å². The zero-order chi connectivity index (χ0) is 18.6. The van der Waals surface area contributed by atoms with E-state index in [4.69, 9.17) is 14.0 Å². The Labute approximate surface area is 161 Å². The Morgan fingerprint density at radius 2 is 2.00 bits per heavy atom. The zero-order valence-corrected chi connectivity index (χ0v) is 16.3. The molecule has 0 radical (unpaired) electrons. The first-order valence-electron chi connectivity index (χ1n) is 9.86. The van der Waals surface area contributed by atoms with Crippen LogP contribution in [0.2, 0.25) is 0 Å². The van der Waals surface area contributed by atoms with Crippen LogP contribution in [0.4, 0.5) is 0 Å². The second kappa shape index (κ2) is 8.42. The van der Waals surface area contributed by atoms with Crippen LogP contribution >= 0.6 is 0 Å². The number of morpholine rings is 1. The van der Waals surface area contributed by atoms with Crippen LogP contribution in [0.1, 0.15) is 41.5 Å². The molecule has 2 aliphatic heterocycles. The molecule has 0 saturated carbocycles. The van der Waals surface area contributed by atoms with Crippen molar-refractivity contribution in [2.75, 3.05) is 40.0 Å². The Balaban J connectivity index is 1.48. The van der Waals surface area contributed by atoms with Crippen molar-refractivity contribution in [2.45, 2.75) is 38.9 Å². The highest BCUT2D eigenvalue weighted by atomic mass is 16.5. The zero-order valence-electron chi connectivity index (χ0n) is 16.3. The van der Waals surface area contributed by atoms with Crippen molar-refractivity contribution in [2.24, 2.45) is 0 Å². The quantitative estimate of drug-likeness (QED) is 0.777. The van der Waals surface area contributed by atoms with Crippen LogP contribution in [0, 0.1) is 6.92 Å². The summed E-state index contributed by atoms with van der Waals surface area (Å²) in [7, 11) is 1.75. The fourth-order valence-corrected chi connectivity index (χ4v) is 4.17. The number of aromatic nitrogens is 1. The maximum Gasteiger partial charge on any atom is 0.154 e. The van der Waals surface area contributed by atoms with E-state index in [1.807, 2.05) is 6.92 Å². The van der Waals surface area contributed by atoms with Gasteiger partial charge in [-0.2, -0.15) is 0 Å². The molecule has 146 valence electrons. The van der Waals surface area contributed by atoms with Crippen molar-refractivity contribution < 1.29 is 14.0 Å². The summed E-state index contributed by atoms with van der Waals surface area (Å²) in [4.78, 5) is 4.93. The van der Waals surface area contributed by atoms with E-state index in [-0.39, 0.29) is 0 Å². The minimum atomic E-state index is 0.330. The summed E-state index contributed by atoms with van der Waals surface area (Å²) in [6.07, 6.45) is 2.33. The predicted molar refractivity (Wildman–Crippen MR) is 103 cm³/mol. The lowest BCUT2D eigenvalue weighted by Crippen LogP contribution is -2.35. The fourth-order valence-electron chi connectivity index (χ4n) is 4.17. The largest absolute Gasteiger partial charge is 0.496 e. The summed E-state index contributed by atoms with van der Waals surface area (Å²) in [6, 6.07) is 8.99. The third kappa shape index (κ3) is 4.34. The average molecular weight is 371 g/mol. The summed E-state index contributed by atoms with van der Waals surface area (Å²) >= 11 is 0. The second-order valence-electron chi connectivity index (χ2n) is 7.53. The molecule has 6 nitrogen and oxygen atoms in total. The number of ether oxygens (including phenoxy) is 2. The highest BCUT2D eigenvalue weighted by molar-refractivity contribution is 5.37. The van der Waals surface area contributed by atoms with Gasteiger partial charge in [0.2, 0.25) is 0 Å². The van der Waals surface area contributed by atoms with Gasteiger partial charge in [0.05, 0.1) is 32.1 Å². The number of hydrogen-bond donors (Lipinski definition) is 0. The van der Waals surface area contributed by atoms with Gasteiger partial charge in [-0.05, 0) is 44.0 Å². The molecule has 0 amide bonds. The molecule has 1 aromatic carbocycles. The third-order valence-electron chi connectivity index (χ3n) is 5.57. The molecule has 1 unspecified atom stereocenters. The number of aryl methyl sites for hydroxylation is 1. The summed E-state index contributed by atoms with van der Waals surface area (Å²) in [6.45, 7) is 8.49. The lowest BCUT2D eigenvalue weighted by atomic mass is 10.1. The maximum absolute atomic E-state index is 5.61. The number of rotatable bonds is 6. The van der Waals surface area contributed by atoms with E-state index in [1.54, 1.807) is 7.11 Å². The molecule has 0 aliphatic carbocycles. The molecule has 27 heavy (non-hydrogen) atoms. The first-order chi connectivity index (χ1) is 13.2. The minimum Gasteiger partial charge on any atom is -0.496 e. The van der Waals surface area contributed by atoms with Gasteiger partial charge in [0.15, 0.2) is 5.76 Å². The lowest BCUT2D eigenvalue weighted by Gasteiger charge is -2.28. The smallest absolute Gasteiger partial charge is 0.154 e. The normalized spacial score (nSPS) is 21.6. The van der Waals surface area contributed by atoms with E-state index in [1.165, 1.54) is 17.5 Å². The fraction of sp³-hybridized carbons (Fsp3) is 0.571. The van der Waals surface area contributed by atoms with Gasteiger partial charge < -0.3 is 14.0 Å². The molecule has 1 atom stereocenters. The lowest BCUT2D eigenvalue weighted by molar-refractivity contribution is 0.0338. The molecule has 0 bridgehead atoms. The van der Waals surface area contributed by atoms with Crippen LogP contribution in [0.15, 0.2) is 28.8 Å². The Hall–Kier alpha value is -1.89. The van der Waals surface area contributed by atoms with E-state index in [0.29, 0.717) is 6.04 Å². The second-order valence-corrected chi connectivity index (χ2v) is 7.53. The van der Waals surface area contributed by atoms with Gasteiger partial charge in [-0.15, -0.1) is 0 Å². The number of benzene rings is 1. The molecule has 0 N–H and O–H groups in total. The Morgan fingerprint density at radius 1 is 1.15 bits per heavy atom. The Morgan fingerprint density at radius 3 is 2.74 bits per heavy atom. The average Bonchev–Trinajstić information content (AvgIpc) is 3.31. The van der Waals surface area contributed by atoms with Crippen LogP contribution in [0.25, 0.3) is 0 Å². The number of methoxy groups -OCH3 is 1. The van der Waals surface area contributed by atoms with E-state index in [0.717, 1.165) is 69.6 Å². The topological polar surface area (TPSA) is 51.0 Å². The summed E-state index contributed by atoms with van der Waals surface area (Å²) in [5.74, 6) is 1.96. The van der Waals surface area contributed by atoms with Crippen molar-refractivity contribution >= 4 is 0 Å². The van der Waals surface area contributed by atoms with Crippen LogP contribution in [0.3, 0.4) is 0 Å². The molecule has 6 heteroatoms. The Bertz CT molecular complexity index is 755. The first-order valence-corrected chi connectivity index (χ1v) is 9.86. The van der Waals surface area contributed by atoms with Crippen LogP contribution in [-0.4, -0.2) is 54.9 Å². The standard InChI is InChI=1S/C21H29N3O3/c1-16-12-21(27-22-16)19-4-3-7-24(19)14-17-5-6-20(25-2)18(13-17)15-23-8-10-26-11-9-23/h5-6,12-13,19H,3-4,7-11,14-15H2,1-2H3. The van der Waals surface area contributed by atoms with Gasteiger partial charge in [-0.3, -0.25) is 9.80 Å². The van der Waals surface area contributed by atoms with E-state index in [2.05, 4.69) is 39.2 Å². The number of nitrogens with zero attached hydrogens (tertiary/aromatic N) is 3. The minimum absolute atomic E-state index is 0.330. The van der Waals surface area contributed by atoms with Crippen LogP contribution in [0.5, 0.6) is 5.75 Å². The molecule has 3 heterocycles. The summed E-state index contributed by atoms with van der Waals surface area (Å²) in [5, 5.41) is 4.07. The summed E-state index contributed by atoms with van der Waals surface area (Å²) in [5.41, 5.74) is 3.53. The van der Waals surface area contributed by atoms with Crippen molar-refractivity contribution in [3.8, 4) is 5.75 Å². The molecular formula is C21H29N3O3. The van der Waals surface area contributed by atoms with Crippen LogP contribution in [-0.2, 0) is 17.8 Å². The van der Waals surface area contributed by atoms with E-state index < -0.39 is 0 Å². The molecule has 2 fully saturated rings. The van der Waals surface area contributed by atoms with Gasteiger partial charge in [0, 0.05) is 37.8 Å². The van der Waals surface area contributed by atoms with Gasteiger partial charge >= 0.3 is 0 Å². The summed E-state index contributed by atoms with van der Waals surface area (Å²) < 4.78 is 16.6. The van der Waals surface area contributed by atoms with Gasteiger partial charge in [-0.1, -0.05) is 11.2 Å². The maximum atomic E-state index is 5.61.